The third kappa shape index (κ3) is 8960. The molecule has 16 N–H and O–H groups in total. The first-order valence-electron chi connectivity index (χ1n) is 0. The van der Waals surface area contributed by atoms with Crippen LogP contribution in [-0.4, -0.2) is 20.2 Å². The van der Waals surface area contributed by atoms with Crippen molar-refractivity contribution in [3.05, 3.63) is 0 Å². The molecule has 0 aromatic carbocycles. The van der Waals surface area contributed by atoms with Gasteiger partial charge in [-0.2, -0.15) is 0 Å². The van der Waals surface area contributed by atoms with Gasteiger partial charge in [0.05, 0.1) is 0 Å². The summed E-state index contributed by atoms with van der Waals surface area (Å²) in [5, 5.41) is 0. The Morgan fingerprint density at radius 3 is 0.214 bits per heavy atom. The Kier molecular flexibility index (Phi) is 12300000. The summed E-state index contributed by atoms with van der Waals surface area (Å²) in [6, 6.07) is 0. The molecule has 0 aliphatic heterocycles. The molecule has 0 amide bonds. The van der Waals surface area contributed by atoms with Gasteiger partial charge in [0.1, 0.15) is 0 Å². The van der Waals surface area contributed by atoms with Crippen LogP contribution in [0, 0.1) is 0 Å². The Bertz CT molecular complexity index is 19.3. The van der Waals surface area contributed by atoms with Crippen LogP contribution in [0.3, 0.4) is 0 Å². The van der Waals surface area contributed by atoms with Crippen molar-refractivity contribution in [1.29, 1.82) is 0 Å². The van der Waals surface area contributed by atoms with Crippen molar-refractivity contribution in [2.45, 2.75) is 0 Å². The van der Waals surface area contributed by atoms with E-state index in [1.807, 2.05) is 0 Å². The molecule has 14 heteroatoms. The van der Waals surface area contributed by atoms with Gasteiger partial charge >= 0.3 is 20.2 Å². The van der Waals surface area contributed by atoms with Crippen LogP contribution in [0.4, 0.5) is 0 Å². The van der Waals surface area contributed by atoms with E-state index in [0.29, 0.717) is 0 Å². The monoisotopic (exact) mass is 242 g/mol. The summed E-state index contributed by atoms with van der Waals surface area (Å²) >= 11 is 0. The molecule has 96 valence electrons. The second kappa shape index (κ2) is 11600. The summed E-state index contributed by atoms with van der Waals surface area (Å²) in [5.41, 5.74) is 0. The molecule has 0 aliphatic rings. The first-order chi connectivity index (χ1) is 0. The fraction of sp³-hybridized carbons (Fsp3) is 0. The van der Waals surface area contributed by atoms with Crippen LogP contribution in [0.5, 0.6) is 0 Å². The normalized spacial score (nSPS) is 0. The van der Waals surface area contributed by atoms with Gasteiger partial charge in [0, 0.05) is 0 Å². The molecule has 0 saturated heterocycles. The van der Waals surface area contributed by atoms with Crippen molar-refractivity contribution in [1.82, 2.24) is 24.6 Å². The molecule has 14 heavy (non-hydrogen) atoms. The van der Waals surface area contributed by atoms with E-state index in [4.69, 9.17) is 0 Å². The van der Waals surface area contributed by atoms with Crippen molar-refractivity contribution in [3.63, 3.8) is 0 Å². The van der Waals surface area contributed by atoms with Gasteiger partial charge in [0.2, 0.25) is 0 Å². The fourth-order valence-electron chi connectivity index (χ4n) is 0. The third-order valence-electron chi connectivity index (χ3n) is 0. The van der Waals surface area contributed by atoms with Gasteiger partial charge in [-0.05, 0) is 0 Å². The number of hydrogen-bond acceptors (Lipinski definition) is 0. The summed E-state index contributed by atoms with van der Waals surface area (Å²) in [4.78, 5) is 0. The molecule has 0 fully saturated rings. The molecule has 0 spiro atoms. The van der Waals surface area contributed by atoms with Crippen molar-refractivity contribution in [3.8, 4) is 0 Å². The van der Waals surface area contributed by atoms with Crippen LogP contribution in [0.1, 0.15) is 0 Å². The van der Waals surface area contributed by atoms with Crippen molar-refractivity contribution in [2.24, 2.45) is 0 Å². The third-order valence-corrected chi connectivity index (χ3v) is 0. The molecule has 0 aliphatic carbocycles. The minimum Gasteiger partial charge on any atom is -1.00 e. The first kappa shape index (κ1) is 14800. The van der Waals surface area contributed by atoms with Gasteiger partial charge in [-0.25, -0.2) is 0 Å². The summed E-state index contributed by atoms with van der Waals surface area (Å²) < 4.78 is 0. The molecule has 0 aromatic heterocycles. The molecule has 0 rings (SSSR count). The number of hydrogen-bond donors (Lipinski definition) is 4. The number of rotatable bonds is 0. The van der Waals surface area contributed by atoms with Gasteiger partial charge in [-0.1, -0.05) is 0 Å². The topological polar surface area (TPSA) is 146 Å². The second-order valence-electron chi connectivity index (χ2n) is 0. The summed E-state index contributed by atoms with van der Waals surface area (Å²) in [6.07, 6.45) is 0. The number of quaternary nitrogens is 4. The summed E-state index contributed by atoms with van der Waals surface area (Å²) in [5.74, 6) is 0. The SMILES string of the molecule is [Be+2].[Be+2].[F-].[F-].[F-].[F-].[F-].[F-].[F-].[F-].[NH4+].[NH4+].[NH4+].[NH4+]. The molecule has 0 radical (unpaired) electrons. The van der Waals surface area contributed by atoms with E-state index in [9.17, 15) is 0 Å². The maximum atomic E-state index is 0. The fourth-order valence-corrected chi connectivity index (χ4v) is 0. The molecular formula is H16Be2F8N4. The maximum Gasteiger partial charge on any atom is 2.00 e. The van der Waals surface area contributed by atoms with Crippen LogP contribution < -0.4 is 62.2 Å². The Labute approximate surface area is 83.7 Å². The van der Waals surface area contributed by atoms with Gasteiger partial charge in [-0.3, -0.25) is 0 Å². The standard InChI is InChI=1S/2Be.8FH.4H3N/h;;8*1H;4*1H3/q2*+2;;;;;;;;;;;;/p-4. The molecule has 0 aromatic rings. The number of halogens is 8. The van der Waals surface area contributed by atoms with E-state index in [1.54, 1.807) is 0 Å². The molecule has 0 heterocycles. The molecule has 0 unspecified atom stereocenters. The Hall–Kier alpha value is -0.382. The van der Waals surface area contributed by atoms with Gasteiger partial charge in [0.25, 0.3) is 0 Å². The van der Waals surface area contributed by atoms with Gasteiger partial charge in [0.15, 0.2) is 0 Å². The average Bonchev–Trinajstić information content (AvgIpc) is 0. The van der Waals surface area contributed by atoms with Crippen molar-refractivity contribution < 1.29 is 37.6 Å². The Morgan fingerprint density at radius 1 is 0.214 bits per heavy atom. The zero-order valence-electron chi connectivity index (χ0n) is 8.44. The summed E-state index contributed by atoms with van der Waals surface area (Å²) in [7, 11) is 0. The van der Waals surface area contributed by atoms with E-state index in [2.05, 4.69) is 0 Å². The quantitative estimate of drug-likeness (QED) is 0.236. The van der Waals surface area contributed by atoms with E-state index < -0.39 is 0 Å². The maximum absolute atomic E-state index is 0. The minimum absolute atomic E-state index is 0. The second-order valence-corrected chi connectivity index (χ2v) is 0. The van der Waals surface area contributed by atoms with Crippen LogP contribution in [0.2, 0.25) is 0 Å². The van der Waals surface area contributed by atoms with Crippen LogP contribution in [0.25, 0.3) is 0 Å². The predicted molar refractivity (Wildman–Crippen MR) is 35.4 cm³/mol. The van der Waals surface area contributed by atoms with E-state index in [0.717, 1.165) is 0 Å². The largest absolute Gasteiger partial charge is 2.00 e. The molecule has 0 atom stereocenters. The van der Waals surface area contributed by atoms with Crippen LogP contribution >= 0.6 is 0 Å². The molecule has 0 bridgehead atoms. The Balaban J connectivity index is 0. The molecule has 4 nitrogen and oxygen atoms in total. The van der Waals surface area contributed by atoms with Crippen LogP contribution in [-0.2, 0) is 0 Å². The van der Waals surface area contributed by atoms with E-state index in [-0.39, 0.29) is 82.5 Å². The molecule has 0 saturated carbocycles. The first-order valence-corrected chi connectivity index (χ1v) is 0. The zero-order valence-corrected chi connectivity index (χ0v) is 8.44. The minimum atomic E-state index is 0. The van der Waals surface area contributed by atoms with Crippen LogP contribution in [0.15, 0.2) is 0 Å². The van der Waals surface area contributed by atoms with Crippen molar-refractivity contribution in [2.75, 3.05) is 0 Å². The van der Waals surface area contributed by atoms with E-state index in [1.165, 1.54) is 0 Å². The zero-order chi connectivity index (χ0) is 0. The summed E-state index contributed by atoms with van der Waals surface area (Å²) in [6.45, 7) is 0. The Morgan fingerprint density at radius 2 is 0.214 bits per heavy atom. The van der Waals surface area contributed by atoms with Gasteiger partial charge in [-0.15, -0.1) is 0 Å². The van der Waals surface area contributed by atoms with Gasteiger partial charge < -0.3 is 62.2 Å². The predicted octanol–water partition coefficient (Wildman–Crippen LogP) is -23.2. The molecular weight excluding hydrogens is 226 g/mol. The van der Waals surface area contributed by atoms with Crippen molar-refractivity contribution >= 4 is 20.2 Å². The smallest absolute Gasteiger partial charge is 1.00 e. The van der Waals surface area contributed by atoms with E-state index >= 15 is 0 Å². The average molecular weight is 242 g/mol.